The summed E-state index contributed by atoms with van der Waals surface area (Å²) >= 11 is 0. The van der Waals surface area contributed by atoms with Gasteiger partial charge in [-0.25, -0.2) is 9.89 Å². The second kappa shape index (κ2) is 7.19. The predicted octanol–water partition coefficient (Wildman–Crippen LogP) is 2.70. The van der Waals surface area contributed by atoms with Crippen LogP contribution in [0, 0.1) is 11.8 Å². The minimum Gasteiger partial charge on any atom is -0.497 e. The lowest BCUT2D eigenvalue weighted by Crippen LogP contribution is -1.99. The molecule has 0 saturated heterocycles. The van der Waals surface area contributed by atoms with Crippen LogP contribution in [0.5, 0.6) is 17.4 Å². The quantitative estimate of drug-likeness (QED) is 0.712. The molecule has 0 radical (unpaired) electrons. The molecular weight excluding hydrogens is 322 g/mol. The van der Waals surface area contributed by atoms with E-state index in [1.54, 1.807) is 31.4 Å². The monoisotopic (exact) mass is 335 g/mol. The van der Waals surface area contributed by atoms with Crippen LogP contribution in [0.1, 0.15) is 21.6 Å². The molecule has 0 fully saturated rings. The number of methoxy groups -OCH3 is 1. The number of ether oxygens (including phenoxy) is 2. The van der Waals surface area contributed by atoms with E-state index in [-0.39, 0.29) is 11.6 Å². The molecule has 0 aliphatic carbocycles. The van der Waals surface area contributed by atoms with E-state index >= 15 is 0 Å². The summed E-state index contributed by atoms with van der Waals surface area (Å²) in [5, 5.41) is 18.3. The Morgan fingerprint density at radius 1 is 1.08 bits per heavy atom. The zero-order valence-corrected chi connectivity index (χ0v) is 13.2. The molecule has 0 aliphatic rings. The number of aromatic nitrogens is 3. The van der Waals surface area contributed by atoms with Crippen LogP contribution in [-0.4, -0.2) is 33.6 Å². The highest BCUT2D eigenvalue weighted by Crippen LogP contribution is 2.21. The molecule has 3 aromatic rings. The summed E-state index contributed by atoms with van der Waals surface area (Å²) in [6, 6.07) is 14.4. The van der Waals surface area contributed by atoms with E-state index in [0.29, 0.717) is 5.75 Å². The third-order valence-electron chi connectivity index (χ3n) is 3.22. The molecule has 0 spiro atoms. The van der Waals surface area contributed by atoms with Crippen LogP contribution in [0.15, 0.2) is 48.5 Å². The lowest BCUT2D eigenvalue weighted by atomic mass is 10.1. The smallest absolute Gasteiger partial charge is 0.359 e. The molecule has 2 N–H and O–H groups in total. The van der Waals surface area contributed by atoms with Crippen LogP contribution in [0.4, 0.5) is 0 Å². The van der Waals surface area contributed by atoms with Gasteiger partial charge in [0.15, 0.2) is 0 Å². The highest BCUT2D eigenvalue weighted by Gasteiger charge is 2.16. The van der Waals surface area contributed by atoms with Gasteiger partial charge in [0.2, 0.25) is 5.69 Å². The molecule has 3 rings (SSSR count). The van der Waals surface area contributed by atoms with Gasteiger partial charge < -0.3 is 14.6 Å². The van der Waals surface area contributed by atoms with Gasteiger partial charge in [0.1, 0.15) is 11.5 Å². The number of carboxylic acid groups (broad SMARTS) is 1. The van der Waals surface area contributed by atoms with Crippen LogP contribution in [-0.2, 0) is 0 Å². The first-order valence-corrected chi connectivity index (χ1v) is 7.24. The Balaban J connectivity index is 1.73. The fraction of sp³-hybridized carbons (Fsp3) is 0.0556. The first-order chi connectivity index (χ1) is 12.2. The second-order valence-electron chi connectivity index (χ2n) is 4.91. The topological polar surface area (TPSA) is 97.3 Å². The summed E-state index contributed by atoms with van der Waals surface area (Å²) in [5.41, 5.74) is 1.42. The lowest BCUT2D eigenvalue weighted by Gasteiger charge is -2.02. The van der Waals surface area contributed by atoms with Gasteiger partial charge >= 0.3 is 5.97 Å². The average Bonchev–Trinajstić information content (AvgIpc) is 3.10. The number of rotatable bonds is 4. The lowest BCUT2D eigenvalue weighted by molar-refractivity contribution is 0.0687. The van der Waals surface area contributed by atoms with Crippen molar-refractivity contribution in [3.05, 3.63) is 65.4 Å². The van der Waals surface area contributed by atoms with Gasteiger partial charge in [-0.2, -0.15) is 0 Å². The van der Waals surface area contributed by atoms with Crippen molar-refractivity contribution >= 4 is 5.97 Å². The van der Waals surface area contributed by atoms with E-state index < -0.39 is 5.97 Å². The second-order valence-corrected chi connectivity index (χ2v) is 4.91. The number of nitrogens with zero attached hydrogens (tertiary/aromatic N) is 2. The highest BCUT2D eigenvalue weighted by molar-refractivity contribution is 5.87. The van der Waals surface area contributed by atoms with Crippen molar-refractivity contribution in [1.82, 2.24) is 15.4 Å². The molecule has 0 amide bonds. The average molecular weight is 335 g/mol. The van der Waals surface area contributed by atoms with E-state index in [2.05, 4.69) is 27.3 Å². The summed E-state index contributed by atoms with van der Waals surface area (Å²) in [4.78, 5) is 11.0. The molecule has 0 saturated carbocycles. The Labute approximate surface area is 143 Å². The molecule has 0 unspecified atom stereocenters. The van der Waals surface area contributed by atoms with Gasteiger partial charge in [0, 0.05) is 11.1 Å². The molecule has 1 aromatic heterocycles. The van der Waals surface area contributed by atoms with Crippen molar-refractivity contribution in [3.63, 3.8) is 0 Å². The largest absolute Gasteiger partial charge is 0.497 e. The van der Waals surface area contributed by atoms with Crippen LogP contribution < -0.4 is 9.47 Å². The third kappa shape index (κ3) is 3.95. The van der Waals surface area contributed by atoms with Crippen molar-refractivity contribution in [2.75, 3.05) is 7.11 Å². The van der Waals surface area contributed by atoms with Gasteiger partial charge in [0.25, 0.3) is 5.88 Å². The molecule has 0 aliphatic heterocycles. The summed E-state index contributed by atoms with van der Waals surface area (Å²) in [6.45, 7) is 0. The summed E-state index contributed by atoms with van der Waals surface area (Å²) in [5.74, 6) is 5.98. The summed E-state index contributed by atoms with van der Waals surface area (Å²) in [7, 11) is 1.61. The van der Waals surface area contributed by atoms with Gasteiger partial charge in [-0.3, -0.25) is 0 Å². The van der Waals surface area contributed by atoms with Crippen molar-refractivity contribution in [2.24, 2.45) is 0 Å². The van der Waals surface area contributed by atoms with Crippen LogP contribution in [0.25, 0.3) is 0 Å². The van der Waals surface area contributed by atoms with Gasteiger partial charge in [0.05, 0.1) is 7.11 Å². The van der Waals surface area contributed by atoms with Crippen molar-refractivity contribution in [1.29, 1.82) is 0 Å². The first-order valence-electron chi connectivity index (χ1n) is 7.24. The fourth-order valence-corrected chi connectivity index (χ4v) is 1.99. The number of carbonyl (C=O) groups is 1. The van der Waals surface area contributed by atoms with Crippen molar-refractivity contribution in [2.45, 2.75) is 0 Å². The molecule has 7 heteroatoms. The normalized spacial score (nSPS) is 9.80. The molecule has 0 atom stereocenters. The molecule has 0 bridgehead atoms. The fourth-order valence-electron chi connectivity index (χ4n) is 1.99. The maximum Gasteiger partial charge on any atom is 0.359 e. The number of nitrogens with one attached hydrogen (secondary N) is 1. The van der Waals surface area contributed by atoms with E-state index in [0.717, 1.165) is 16.9 Å². The van der Waals surface area contributed by atoms with E-state index in [9.17, 15) is 4.79 Å². The summed E-state index contributed by atoms with van der Waals surface area (Å²) < 4.78 is 10.6. The SMILES string of the molecule is COc1cccc(C#Cc2ccc(Oc3nn[nH]c3C(=O)O)cc2)c1. The minimum absolute atomic E-state index is 0.0947. The molecular formula is C18H13N3O4. The Morgan fingerprint density at radius 3 is 2.56 bits per heavy atom. The predicted molar refractivity (Wildman–Crippen MR) is 88.8 cm³/mol. The van der Waals surface area contributed by atoms with E-state index in [1.807, 2.05) is 24.3 Å². The molecule has 25 heavy (non-hydrogen) atoms. The van der Waals surface area contributed by atoms with E-state index in [1.165, 1.54) is 0 Å². The number of hydrogen-bond acceptors (Lipinski definition) is 5. The number of hydrogen-bond donors (Lipinski definition) is 2. The summed E-state index contributed by atoms with van der Waals surface area (Å²) in [6.07, 6.45) is 0. The van der Waals surface area contributed by atoms with Gasteiger partial charge in [-0.15, -0.1) is 0 Å². The molecule has 124 valence electrons. The zero-order valence-electron chi connectivity index (χ0n) is 13.2. The minimum atomic E-state index is -1.19. The molecule has 7 nitrogen and oxygen atoms in total. The number of H-pyrrole nitrogens is 1. The maximum absolute atomic E-state index is 11.0. The number of aromatic carboxylic acids is 1. The molecule has 2 aromatic carbocycles. The van der Waals surface area contributed by atoms with E-state index in [4.69, 9.17) is 14.6 Å². The number of aromatic amines is 1. The first kappa shape index (κ1) is 16.1. The maximum atomic E-state index is 11.0. The Kier molecular flexibility index (Phi) is 4.62. The molecule has 1 heterocycles. The van der Waals surface area contributed by atoms with Crippen LogP contribution >= 0.6 is 0 Å². The van der Waals surface area contributed by atoms with Gasteiger partial charge in [-0.05, 0) is 42.5 Å². The van der Waals surface area contributed by atoms with Crippen LogP contribution in [0.3, 0.4) is 0 Å². The van der Waals surface area contributed by atoms with Crippen molar-refractivity contribution < 1.29 is 19.4 Å². The van der Waals surface area contributed by atoms with Crippen molar-refractivity contribution in [3.8, 4) is 29.2 Å². The number of carboxylic acids is 1. The van der Waals surface area contributed by atoms with Crippen LogP contribution in [0.2, 0.25) is 0 Å². The number of benzene rings is 2. The third-order valence-corrected chi connectivity index (χ3v) is 3.22. The van der Waals surface area contributed by atoms with Gasteiger partial charge in [-0.1, -0.05) is 28.2 Å². The highest BCUT2D eigenvalue weighted by atomic mass is 16.5. The Hall–Kier alpha value is -3.79. The Morgan fingerprint density at radius 2 is 1.84 bits per heavy atom. The Bertz CT molecular complexity index is 952. The standard InChI is InChI=1S/C18H13N3O4/c1-24-15-4-2-3-13(11-15)6-5-12-7-9-14(10-8-12)25-17-16(18(22)23)19-21-20-17/h2-4,7-11H,1H3,(H,22,23)(H,19,20,21). The zero-order chi connectivity index (χ0) is 17.6.